The summed E-state index contributed by atoms with van der Waals surface area (Å²) in [4.78, 5) is 12.0. The first kappa shape index (κ1) is 13.5. The van der Waals surface area contributed by atoms with Gasteiger partial charge >= 0.3 is 0 Å². The van der Waals surface area contributed by atoms with Gasteiger partial charge in [0.2, 0.25) is 5.91 Å². The van der Waals surface area contributed by atoms with Crippen molar-refractivity contribution < 1.29 is 9.53 Å². The SMILES string of the molecule is O=C(CC1COc2ccccc2N1)NCc1ccccc1. The molecule has 0 saturated heterocycles. The van der Waals surface area contributed by atoms with Crippen molar-refractivity contribution in [1.29, 1.82) is 0 Å². The van der Waals surface area contributed by atoms with E-state index in [2.05, 4.69) is 10.6 Å². The summed E-state index contributed by atoms with van der Waals surface area (Å²) in [6.07, 6.45) is 0.404. The minimum Gasteiger partial charge on any atom is -0.489 e. The number of nitrogens with one attached hydrogen (secondary N) is 2. The molecule has 0 fully saturated rings. The zero-order chi connectivity index (χ0) is 14.5. The number of benzene rings is 2. The van der Waals surface area contributed by atoms with Crippen LogP contribution >= 0.6 is 0 Å². The van der Waals surface area contributed by atoms with E-state index in [1.807, 2.05) is 54.6 Å². The molecule has 4 nitrogen and oxygen atoms in total. The van der Waals surface area contributed by atoms with E-state index < -0.39 is 0 Å². The number of amides is 1. The first-order chi connectivity index (χ1) is 10.3. The van der Waals surface area contributed by atoms with E-state index in [0.29, 0.717) is 19.6 Å². The van der Waals surface area contributed by atoms with Gasteiger partial charge in [0, 0.05) is 6.54 Å². The molecule has 0 aromatic heterocycles. The average Bonchev–Trinajstić information content (AvgIpc) is 2.54. The lowest BCUT2D eigenvalue weighted by atomic mass is 10.1. The number of carbonyl (C=O) groups is 1. The van der Waals surface area contributed by atoms with Crippen LogP contribution in [0.5, 0.6) is 5.75 Å². The van der Waals surface area contributed by atoms with Crippen LogP contribution < -0.4 is 15.4 Å². The second-order valence-corrected chi connectivity index (χ2v) is 5.11. The molecule has 1 aliphatic rings. The fourth-order valence-corrected chi connectivity index (χ4v) is 2.37. The van der Waals surface area contributed by atoms with Crippen molar-refractivity contribution in [3.8, 4) is 5.75 Å². The van der Waals surface area contributed by atoms with E-state index in [-0.39, 0.29) is 11.9 Å². The third-order valence-corrected chi connectivity index (χ3v) is 3.45. The molecule has 2 N–H and O–H groups in total. The van der Waals surface area contributed by atoms with Crippen LogP contribution in [0.25, 0.3) is 0 Å². The maximum Gasteiger partial charge on any atom is 0.222 e. The minimum atomic E-state index is 0.00988. The number of ether oxygens (including phenoxy) is 1. The van der Waals surface area contributed by atoms with Crippen LogP contribution in [0.2, 0.25) is 0 Å². The van der Waals surface area contributed by atoms with Gasteiger partial charge in [-0.05, 0) is 17.7 Å². The first-order valence-corrected chi connectivity index (χ1v) is 7.10. The van der Waals surface area contributed by atoms with Crippen molar-refractivity contribution in [3.05, 3.63) is 60.2 Å². The third kappa shape index (κ3) is 3.54. The molecule has 1 heterocycles. The monoisotopic (exact) mass is 282 g/mol. The highest BCUT2D eigenvalue weighted by Gasteiger charge is 2.20. The predicted octanol–water partition coefficient (Wildman–Crippen LogP) is 2.57. The van der Waals surface area contributed by atoms with Crippen LogP contribution in [0, 0.1) is 0 Å². The van der Waals surface area contributed by atoms with Crippen LogP contribution in [0.4, 0.5) is 5.69 Å². The smallest absolute Gasteiger partial charge is 0.222 e. The summed E-state index contributed by atoms with van der Waals surface area (Å²) in [6, 6.07) is 17.7. The van der Waals surface area contributed by atoms with Crippen LogP contribution in [0.1, 0.15) is 12.0 Å². The van der Waals surface area contributed by atoms with Crippen molar-refractivity contribution in [3.63, 3.8) is 0 Å². The maximum atomic E-state index is 12.0. The van der Waals surface area contributed by atoms with Crippen LogP contribution in [-0.4, -0.2) is 18.6 Å². The van der Waals surface area contributed by atoms with Crippen molar-refractivity contribution in [2.45, 2.75) is 19.0 Å². The summed E-state index contributed by atoms with van der Waals surface area (Å²) in [5.74, 6) is 0.873. The molecule has 0 spiro atoms. The lowest BCUT2D eigenvalue weighted by Crippen LogP contribution is -2.37. The molecular formula is C17H18N2O2. The summed E-state index contributed by atoms with van der Waals surface area (Å²) in [6.45, 7) is 1.07. The summed E-state index contributed by atoms with van der Waals surface area (Å²) in [5.41, 5.74) is 2.05. The molecule has 0 saturated carbocycles. The normalized spacial score (nSPS) is 16.3. The predicted molar refractivity (Wildman–Crippen MR) is 82.3 cm³/mol. The number of hydrogen-bond acceptors (Lipinski definition) is 3. The van der Waals surface area contributed by atoms with E-state index in [0.717, 1.165) is 17.0 Å². The topological polar surface area (TPSA) is 50.4 Å². The van der Waals surface area contributed by atoms with Gasteiger partial charge in [-0.15, -0.1) is 0 Å². The number of para-hydroxylation sites is 2. The first-order valence-electron chi connectivity index (χ1n) is 7.10. The molecule has 0 radical (unpaired) electrons. The van der Waals surface area contributed by atoms with Gasteiger partial charge in [-0.1, -0.05) is 42.5 Å². The zero-order valence-electron chi connectivity index (χ0n) is 11.7. The van der Waals surface area contributed by atoms with Crippen LogP contribution in [-0.2, 0) is 11.3 Å². The highest BCUT2D eigenvalue weighted by atomic mass is 16.5. The Kier molecular flexibility index (Phi) is 4.05. The molecule has 4 heteroatoms. The Balaban J connectivity index is 1.50. The van der Waals surface area contributed by atoms with Crippen molar-refractivity contribution in [2.75, 3.05) is 11.9 Å². The van der Waals surface area contributed by atoms with Crippen LogP contribution in [0.15, 0.2) is 54.6 Å². The molecule has 108 valence electrons. The van der Waals surface area contributed by atoms with Crippen molar-refractivity contribution in [2.24, 2.45) is 0 Å². The highest BCUT2D eigenvalue weighted by molar-refractivity contribution is 5.77. The molecule has 1 atom stereocenters. The van der Waals surface area contributed by atoms with E-state index in [1.54, 1.807) is 0 Å². The fraction of sp³-hybridized carbons (Fsp3) is 0.235. The second-order valence-electron chi connectivity index (χ2n) is 5.11. The summed E-state index contributed by atoms with van der Waals surface area (Å²) in [7, 11) is 0. The maximum absolute atomic E-state index is 12.0. The number of carbonyl (C=O) groups excluding carboxylic acids is 1. The highest BCUT2D eigenvalue weighted by Crippen LogP contribution is 2.28. The van der Waals surface area contributed by atoms with Crippen molar-refractivity contribution in [1.82, 2.24) is 5.32 Å². The Morgan fingerprint density at radius 3 is 2.76 bits per heavy atom. The summed E-state index contributed by atoms with van der Waals surface area (Å²) in [5, 5.41) is 6.28. The van der Waals surface area contributed by atoms with Gasteiger partial charge in [0.25, 0.3) is 0 Å². The lowest BCUT2D eigenvalue weighted by Gasteiger charge is -2.27. The number of anilines is 1. The average molecular weight is 282 g/mol. The van der Waals surface area contributed by atoms with Gasteiger partial charge in [0.15, 0.2) is 0 Å². The Labute approximate surface area is 124 Å². The fourth-order valence-electron chi connectivity index (χ4n) is 2.37. The molecule has 2 aromatic carbocycles. The quantitative estimate of drug-likeness (QED) is 0.906. The van der Waals surface area contributed by atoms with Crippen LogP contribution in [0.3, 0.4) is 0 Å². The van der Waals surface area contributed by atoms with Gasteiger partial charge in [-0.25, -0.2) is 0 Å². The van der Waals surface area contributed by atoms with E-state index >= 15 is 0 Å². The Morgan fingerprint density at radius 1 is 1.14 bits per heavy atom. The minimum absolute atomic E-state index is 0.00988. The number of hydrogen-bond donors (Lipinski definition) is 2. The van der Waals surface area contributed by atoms with Crippen molar-refractivity contribution >= 4 is 11.6 Å². The molecule has 1 aliphatic heterocycles. The Hall–Kier alpha value is -2.49. The largest absolute Gasteiger partial charge is 0.489 e. The standard InChI is InChI=1S/C17H18N2O2/c20-17(18-11-13-6-2-1-3-7-13)10-14-12-21-16-9-5-4-8-15(16)19-14/h1-9,14,19H,10-12H2,(H,18,20). The molecule has 0 aliphatic carbocycles. The lowest BCUT2D eigenvalue weighted by molar-refractivity contribution is -0.121. The van der Waals surface area contributed by atoms with E-state index in [1.165, 1.54) is 0 Å². The molecular weight excluding hydrogens is 264 g/mol. The molecule has 2 aromatic rings. The number of rotatable bonds is 4. The van der Waals surface area contributed by atoms with Gasteiger partial charge < -0.3 is 15.4 Å². The number of fused-ring (bicyclic) bond motifs is 1. The van der Waals surface area contributed by atoms with Gasteiger partial charge in [-0.3, -0.25) is 4.79 Å². The van der Waals surface area contributed by atoms with Gasteiger partial charge in [-0.2, -0.15) is 0 Å². The zero-order valence-corrected chi connectivity index (χ0v) is 11.7. The Morgan fingerprint density at radius 2 is 1.90 bits per heavy atom. The second kappa shape index (κ2) is 6.31. The van der Waals surface area contributed by atoms with E-state index in [9.17, 15) is 4.79 Å². The Bertz CT molecular complexity index is 613. The molecule has 0 bridgehead atoms. The van der Waals surface area contributed by atoms with Gasteiger partial charge in [0.05, 0.1) is 18.2 Å². The summed E-state index contributed by atoms with van der Waals surface area (Å²) < 4.78 is 5.66. The molecule has 1 unspecified atom stereocenters. The summed E-state index contributed by atoms with van der Waals surface area (Å²) >= 11 is 0. The third-order valence-electron chi connectivity index (χ3n) is 3.45. The molecule has 1 amide bonds. The molecule has 21 heavy (non-hydrogen) atoms. The van der Waals surface area contributed by atoms with Gasteiger partial charge in [0.1, 0.15) is 12.4 Å². The molecule has 3 rings (SSSR count). The van der Waals surface area contributed by atoms with E-state index in [4.69, 9.17) is 4.74 Å².